The molecule has 0 saturated carbocycles. The maximum absolute atomic E-state index is 2.89. The Labute approximate surface area is 873 Å². The Hall–Kier alpha value is -2.60. The fraction of sp³-hybridized carbons (Fsp3) is 0.855. The molecule has 1 aromatic carbocycles. The largest absolute Gasteiger partial charge is 0.0885 e. The molecule has 0 fully saturated rings. The Morgan fingerprint density at radius 2 is 0.565 bits per heavy atom. The van der Waals surface area contributed by atoms with E-state index in [1.165, 1.54) is 584 Å². The van der Waals surface area contributed by atoms with Gasteiger partial charge in [0.25, 0.3) is 0 Å². The Morgan fingerprint density at radius 1 is 0.254 bits per heavy atom. The van der Waals surface area contributed by atoms with Gasteiger partial charge in [-0.1, -0.05) is 611 Å². The third kappa shape index (κ3) is 73.5. The molecule has 0 spiro atoms. The van der Waals surface area contributed by atoms with E-state index in [1.807, 2.05) is 5.57 Å². The van der Waals surface area contributed by atoms with Crippen molar-refractivity contribution >= 4 is 0 Å². The van der Waals surface area contributed by atoms with E-state index in [1.54, 1.807) is 27.8 Å². The van der Waals surface area contributed by atoms with Gasteiger partial charge in [-0.3, -0.25) is 0 Å². The maximum atomic E-state index is 2.89. The second-order valence-electron chi connectivity index (χ2n) is 45.8. The minimum absolute atomic E-state index is 0.769. The second-order valence-corrected chi connectivity index (χ2v) is 45.8. The SMILES string of the molecule is CCCCC/C=C/C/C=C(/CCCCCCCC)C(CC/C=C/CCCCC)CCCCCCCC.CCCCC/C=C/CC1C(CCCCCC)C=CC(CCCCCCC)C1CCCCCCC.CCCCCCCC1C=CC2CC(CCCCC)C(CCCCC)C=C2C1CCCCCCC.CCCCCCCCc1c(CCCCCC)ccc(CCCCCCC)c1CCCCCCC. The van der Waals surface area contributed by atoms with E-state index in [2.05, 4.69) is 196 Å². The number of benzene rings is 1. The van der Waals surface area contributed by atoms with Crippen LogP contribution in [0.25, 0.3) is 0 Å². The Kier molecular flexibility index (Phi) is 101. The van der Waals surface area contributed by atoms with E-state index in [9.17, 15) is 0 Å². The highest BCUT2D eigenvalue weighted by molar-refractivity contribution is 5.42. The molecule has 0 bridgehead atoms. The number of fused-ring (bicyclic) bond motifs is 1. The van der Waals surface area contributed by atoms with Crippen molar-refractivity contribution in [2.24, 2.45) is 59.2 Å². The smallest absolute Gasteiger partial charge is 0.00172 e. The highest BCUT2D eigenvalue weighted by Gasteiger charge is 2.38. The van der Waals surface area contributed by atoms with Crippen LogP contribution in [0.4, 0.5) is 0 Å². The summed E-state index contributed by atoms with van der Waals surface area (Å²) in [5, 5.41) is 0. The lowest BCUT2D eigenvalue weighted by atomic mass is 9.62. The quantitative estimate of drug-likeness (QED) is 0.0450. The molecule has 10 unspecified atom stereocenters. The van der Waals surface area contributed by atoms with Crippen LogP contribution in [0.5, 0.6) is 0 Å². The molecular formula is C138H256. The summed E-state index contributed by atoms with van der Waals surface area (Å²) in [6.45, 7) is 37.3. The van der Waals surface area contributed by atoms with Crippen molar-refractivity contribution in [3.8, 4) is 0 Å². The van der Waals surface area contributed by atoms with Crippen LogP contribution in [0.3, 0.4) is 0 Å². The molecule has 3 aliphatic rings. The van der Waals surface area contributed by atoms with Gasteiger partial charge in [-0.25, -0.2) is 0 Å². The summed E-state index contributed by atoms with van der Waals surface area (Å²) < 4.78 is 0. The average Bonchev–Trinajstić information content (AvgIpc) is 0.779. The summed E-state index contributed by atoms with van der Waals surface area (Å²) in [6.07, 6.45) is 160. The summed E-state index contributed by atoms with van der Waals surface area (Å²) in [5.74, 6) is 8.55. The third-order valence-corrected chi connectivity index (χ3v) is 33.1. The van der Waals surface area contributed by atoms with Gasteiger partial charge in [0.2, 0.25) is 0 Å². The van der Waals surface area contributed by atoms with Gasteiger partial charge in [0.1, 0.15) is 0 Å². The van der Waals surface area contributed by atoms with Crippen LogP contribution in [0.2, 0.25) is 0 Å². The standard InChI is InChI=1S/C36H68.C34H62.C34H64.C34H62/c1-5-9-13-17-21-25-29-33-35(31-27-23-19-15-11-7-3)36(32-28-24-20-16-12-8-4)34-30-26-22-18-14-10-6-2;1-5-9-13-15-19-21-29-25-26-32-27-30(22-17-11-7-3)31(23-18-12-8-4)28-34(32)33(29)24-20-16-14-10-6-2;2*1-5-9-13-17-20-24-28-34-31(25-21-16-12-8-4)29-30-32(26-22-18-14-10-6-2)33(34)27-23-19-15-11-7-3/h21-22,25-26,33,36H,5-20,23-24,27-32,34H2,1-4H3;25-26,28-33H,5-24,27H2,1-4H3;20,24,29-34H,5-19,21-23,25-28H2,1-4H3;29-30H,5-28H2,1-4H3/b25-21+,26-22+,35-33-;;24-20+;. The first kappa shape index (κ1) is 133. The zero-order valence-corrected chi connectivity index (χ0v) is 97.9. The lowest BCUT2D eigenvalue weighted by molar-refractivity contribution is 0.159. The molecule has 0 saturated heterocycles. The van der Waals surface area contributed by atoms with E-state index in [0.29, 0.717) is 0 Å². The average molecular weight is 1920 g/mol. The molecule has 0 heteroatoms. The maximum Gasteiger partial charge on any atom is -0.00172 e. The Balaban J connectivity index is 0.000000920. The molecule has 4 rings (SSSR count). The molecule has 1 aromatic rings. The number of unbranched alkanes of at least 4 members (excludes halogenated alkanes) is 58. The van der Waals surface area contributed by atoms with Gasteiger partial charge in [-0.2, -0.15) is 0 Å². The van der Waals surface area contributed by atoms with Gasteiger partial charge in [0.15, 0.2) is 0 Å². The third-order valence-electron chi connectivity index (χ3n) is 33.1. The topological polar surface area (TPSA) is 0 Å². The van der Waals surface area contributed by atoms with Crippen molar-refractivity contribution in [2.45, 2.75) is 701 Å². The fourth-order valence-electron chi connectivity index (χ4n) is 24.0. The molecule has 0 radical (unpaired) electrons. The molecule has 808 valence electrons. The van der Waals surface area contributed by atoms with Gasteiger partial charge in [-0.05, 0) is 268 Å². The molecular weight excluding hydrogens is 1660 g/mol. The number of allylic oxidation sites excluding steroid dienone is 14. The predicted molar refractivity (Wildman–Crippen MR) is 635 cm³/mol. The number of hydrogen-bond donors (Lipinski definition) is 0. The molecule has 0 nitrogen and oxygen atoms in total. The second kappa shape index (κ2) is 104. The van der Waals surface area contributed by atoms with E-state index >= 15 is 0 Å². The summed E-state index contributed by atoms with van der Waals surface area (Å²) in [5.41, 5.74) is 10.7. The molecule has 3 aliphatic carbocycles. The molecule has 0 N–H and O–H groups in total. The van der Waals surface area contributed by atoms with Crippen molar-refractivity contribution in [3.63, 3.8) is 0 Å². The van der Waals surface area contributed by atoms with Gasteiger partial charge >= 0.3 is 0 Å². The lowest BCUT2D eigenvalue weighted by Crippen LogP contribution is -2.31. The monoisotopic (exact) mass is 1910 g/mol. The minimum atomic E-state index is 0.769. The molecule has 0 heterocycles. The molecule has 10 atom stereocenters. The first-order valence-corrected chi connectivity index (χ1v) is 64.9. The highest BCUT2D eigenvalue weighted by Crippen LogP contribution is 2.50. The molecule has 0 amide bonds. The van der Waals surface area contributed by atoms with Gasteiger partial charge < -0.3 is 0 Å². The van der Waals surface area contributed by atoms with Gasteiger partial charge in [0.05, 0.1) is 0 Å². The normalized spacial score (nSPS) is 18.4. The molecule has 0 aromatic heterocycles. The fourth-order valence-corrected chi connectivity index (χ4v) is 24.0. The van der Waals surface area contributed by atoms with Crippen molar-refractivity contribution < 1.29 is 0 Å². The first-order chi connectivity index (χ1) is 68.1. The predicted octanol–water partition coefficient (Wildman–Crippen LogP) is 49.3. The van der Waals surface area contributed by atoms with Crippen molar-refractivity contribution in [1.82, 2.24) is 0 Å². The van der Waals surface area contributed by atoms with Crippen LogP contribution < -0.4 is 0 Å². The van der Waals surface area contributed by atoms with Crippen LogP contribution >= 0.6 is 0 Å². The zero-order valence-electron chi connectivity index (χ0n) is 97.9. The number of aryl methyl sites for hydroxylation is 2. The first-order valence-electron chi connectivity index (χ1n) is 64.9. The Bertz CT molecular complexity index is 2840. The van der Waals surface area contributed by atoms with E-state index in [0.717, 1.165) is 65.6 Å². The minimum Gasteiger partial charge on any atom is -0.0885 e. The van der Waals surface area contributed by atoms with Gasteiger partial charge in [-0.15, -0.1) is 0 Å². The molecule has 138 heavy (non-hydrogen) atoms. The van der Waals surface area contributed by atoms with Crippen molar-refractivity contribution in [2.75, 3.05) is 0 Å². The summed E-state index contributed by atoms with van der Waals surface area (Å²) >= 11 is 0. The summed E-state index contributed by atoms with van der Waals surface area (Å²) in [7, 11) is 0. The van der Waals surface area contributed by atoms with Crippen molar-refractivity contribution in [3.05, 3.63) is 118 Å². The van der Waals surface area contributed by atoms with Crippen LogP contribution in [0, 0.1) is 59.2 Å². The van der Waals surface area contributed by atoms with Gasteiger partial charge in [0, 0.05) is 0 Å². The van der Waals surface area contributed by atoms with Crippen LogP contribution in [-0.2, 0) is 25.7 Å². The summed E-state index contributed by atoms with van der Waals surface area (Å²) in [4.78, 5) is 0. The van der Waals surface area contributed by atoms with Crippen LogP contribution in [0.15, 0.2) is 96.2 Å². The Morgan fingerprint density at radius 3 is 1.02 bits per heavy atom. The number of hydrogen-bond acceptors (Lipinski definition) is 0. The van der Waals surface area contributed by atoms with Crippen molar-refractivity contribution in [1.29, 1.82) is 0 Å². The highest BCUT2D eigenvalue weighted by atomic mass is 14.4. The van der Waals surface area contributed by atoms with E-state index in [4.69, 9.17) is 0 Å². The van der Waals surface area contributed by atoms with E-state index in [-0.39, 0.29) is 0 Å². The van der Waals surface area contributed by atoms with E-state index < -0.39 is 0 Å². The zero-order chi connectivity index (χ0) is 100. The van der Waals surface area contributed by atoms with Crippen LogP contribution in [0.1, 0.15) is 698 Å². The van der Waals surface area contributed by atoms with Crippen LogP contribution in [-0.4, -0.2) is 0 Å². The lowest BCUT2D eigenvalue weighted by Gasteiger charge is -2.42. The summed E-state index contributed by atoms with van der Waals surface area (Å²) in [6, 6.07) is 5.11. The molecule has 0 aliphatic heterocycles. The number of rotatable bonds is 95.